The minimum atomic E-state index is -0.331. The zero-order chi connectivity index (χ0) is 33.3. The Labute approximate surface area is 276 Å². The molecule has 4 aromatic carbocycles. The molecule has 0 aliphatic carbocycles. The number of benzene rings is 4. The van der Waals surface area contributed by atoms with Gasteiger partial charge in [-0.3, -0.25) is 14.5 Å². The Kier molecular flexibility index (Phi) is 8.86. The third-order valence-corrected chi connectivity index (χ3v) is 8.14. The van der Waals surface area contributed by atoms with Gasteiger partial charge in [-0.05, 0) is 76.9 Å². The van der Waals surface area contributed by atoms with Crippen LogP contribution in [0.2, 0.25) is 0 Å². The van der Waals surface area contributed by atoms with Crippen LogP contribution in [0.25, 0.3) is 39.0 Å². The fourth-order valence-electron chi connectivity index (χ4n) is 5.76. The zero-order valence-electron chi connectivity index (χ0n) is 28.0. The van der Waals surface area contributed by atoms with Gasteiger partial charge in [-0.15, -0.1) is 10.2 Å². The number of fused-ring (bicyclic) bond motifs is 1. The Morgan fingerprint density at radius 3 is 1.43 bits per heavy atom. The lowest BCUT2D eigenvalue weighted by atomic mass is 9.81. The molecule has 2 amide bonds. The second kappa shape index (κ2) is 13.0. The van der Waals surface area contributed by atoms with Gasteiger partial charge in [0.15, 0.2) is 0 Å². The van der Waals surface area contributed by atoms with Gasteiger partial charge in [-0.2, -0.15) is 4.80 Å². The molecule has 242 valence electrons. The summed E-state index contributed by atoms with van der Waals surface area (Å²) < 4.78 is 11.8. The van der Waals surface area contributed by atoms with Gasteiger partial charge in [-0.25, -0.2) is 0 Å². The summed E-state index contributed by atoms with van der Waals surface area (Å²) >= 11 is 0. The molecule has 1 saturated heterocycles. The van der Waals surface area contributed by atoms with Crippen molar-refractivity contribution in [1.29, 1.82) is 0 Å². The Balaban J connectivity index is 1.37. The summed E-state index contributed by atoms with van der Waals surface area (Å²) in [5.41, 5.74) is 6.36. The van der Waals surface area contributed by atoms with Crippen LogP contribution in [-0.2, 0) is 9.59 Å². The van der Waals surface area contributed by atoms with Crippen LogP contribution in [-0.4, -0.2) is 40.0 Å². The summed E-state index contributed by atoms with van der Waals surface area (Å²) in [7, 11) is 0. The van der Waals surface area contributed by atoms with Crippen molar-refractivity contribution in [3.8, 4) is 39.4 Å². The molecular formula is C39H42N4O4. The molecular weight excluding hydrogens is 588 g/mol. The first-order valence-electron chi connectivity index (χ1n) is 16.3. The van der Waals surface area contributed by atoms with Gasteiger partial charge in [0.05, 0.1) is 24.6 Å². The van der Waals surface area contributed by atoms with E-state index in [2.05, 4.69) is 39.8 Å². The minimum absolute atomic E-state index is 0.183. The predicted molar refractivity (Wildman–Crippen MR) is 186 cm³/mol. The molecule has 1 aliphatic rings. The van der Waals surface area contributed by atoms with E-state index in [9.17, 15) is 9.59 Å². The molecule has 0 N–H and O–H groups in total. The second-order valence-corrected chi connectivity index (χ2v) is 14.0. The molecule has 0 unspecified atom stereocenters. The molecule has 1 aliphatic heterocycles. The average Bonchev–Trinajstić information content (AvgIpc) is 3.48. The highest BCUT2D eigenvalue weighted by atomic mass is 16.5. The van der Waals surface area contributed by atoms with Crippen molar-refractivity contribution in [2.75, 3.05) is 18.1 Å². The lowest BCUT2D eigenvalue weighted by molar-refractivity contribution is -0.132. The van der Waals surface area contributed by atoms with Crippen LogP contribution in [0, 0.1) is 17.3 Å². The van der Waals surface area contributed by atoms with Crippen molar-refractivity contribution in [3.63, 3.8) is 0 Å². The van der Waals surface area contributed by atoms with Crippen LogP contribution < -0.4 is 14.4 Å². The van der Waals surface area contributed by atoms with E-state index in [1.165, 1.54) is 4.90 Å². The summed E-state index contributed by atoms with van der Waals surface area (Å²) in [5.74, 6) is 2.17. The predicted octanol–water partition coefficient (Wildman–Crippen LogP) is 8.50. The van der Waals surface area contributed by atoms with E-state index in [-0.39, 0.29) is 17.2 Å². The second-order valence-electron chi connectivity index (χ2n) is 14.0. The van der Waals surface area contributed by atoms with E-state index < -0.39 is 0 Å². The van der Waals surface area contributed by atoms with Crippen molar-refractivity contribution in [2.45, 2.75) is 54.4 Å². The van der Waals surface area contributed by atoms with Gasteiger partial charge in [0, 0.05) is 24.0 Å². The maximum absolute atomic E-state index is 12.9. The molecule has 8 nitrogen and oxygen atoms in total. The van der Waals surface area contributed by atoms with Gasteiger partial charge in [0.1, 0.15) is 22.5 Å². The van der Waals surface area contributed by atoms with Crippen LogP contribution in [0.1, 0.15) is 54.4 Å². The molecule has 0 atom stereocenters. The maximum atomic E-state index is 12.9. The van der Waals surface area contributed by atoms with Gasteiger partial charge >= 0.3 is 0 Å². The highest BCUT2D eigenvalue weighted by molar-refractivity contribution is 6.17. The summed E-state index contributed by atoms with van der Waals surface area (Å²) in [4.78, 5) is 28.7. The first-order valence-corrected chi connectivity index (χ1v) is 16.3. The molecule has 2 heterocycles. The number of ether oxygens (including phenoxy) is 2. The average molecular weight is 631 g/mol. The smallest absolute Gasteiger partial charge is 0.234 e. The first kappa shape index (κ1) is 32.0. The summed E-state index contributed by atoms with van der Waals surface area (Å²) in [6, 6.07) is 27.6. The molecule has 6 rings (SSSR count). The zero-order valence-corrected chi connectivity index (χ0v) is 28.0. The Morgan fingerprint density at radius 1 is 0.617 bits per heavy atom. The van der Waals surface area contributed by atoms with Gasteiger partial charge < -0.3 is 9.47 Å². The molecule has 0 bridgehead atoms. The highest BCUT2D eigenvalue weighted by Crippen LogP contribution is 2.37. The third-order valence-electron chi connectivity index (χ3n) is 8.14. The summed E-state index contributed by atoms with van der Waals surface area (Å²) in [5, 5.41) is 9.97. The lowest BCUT2D eigenvalue weighted by Crippen LogP contribution is -2.46. The normalized spacial score (nSPS) is 14.8. The highest BCUT2D eigenvalue weighted by Gasteiger charge is 2.38. The van der Waals surface area contributed by atoms with Gasteiger partial charge in [0.2, 0.25) is 11.8 Å². The van der Waals surface area contributed by atoms with Crippen molar-refractivity contribution >= 4 is 28.5 Å². The van der Waals surface area contributed by atoms with E-state index >= 15 is 0 Å². The monoisotopic (exact) mass is 630 g/mol. The van der Waals surface area contributed by atoms with E-state index in [0.29, 0.717) is 49.3 Å². The number of piperidine rings is 1. The topological polar surface area (TPSA) is 86.5 Å². The number of aromatic nitrogens is 3. The fraction of sp³-hybridized carbons (Fsp3) is 0.333. The number of hydrogen-bond acceptors (Lipinski definition) is 6. The van der Waals surface area contributed by atoms with Crippen molar-refractivity contribution < 1.29 is 19.1 Å². The fourth-order valence-corrected chi connectivity index (χ4v) is 5.76. The van der Waals surface area contributed by atoms with Crippen LogP contribution >= 0.6 is 0 Å². The van der Waals surface area contributed by atoms with E-state index in [4.69, 9.17) is 19.7 Å². The molecule has 8 heteroatoms. The van der Waals surface area contributed by atoms with E-state index in [1.807, 2.05) is 74.5 Å². The van der Waals surface area contributed by atoms with Crippen LogP contribution in [0.4, 0.5) is 5.69 Å². The van der Waals surface area contributed by atoms with Crippen LogP contribution in [0.15, 0.2) is 84.9 Å². The Morgan fingerprint density at radius 2 is 1.02 bits per heavy atom. The first-order chi connectivity index (χ1) is 22.5. The number of amides is 2. The lowest BCUT2D eigenvalue weighted by Gasteiger charge is -2.34. The number of rotatable bonds is 10. The summed E-state index contributed by atoms with van der Waals surface area (Å²) in [6.07, 6.45) is 0.654. The maximum Gasteiger partial charge on any atom is 0.234 e. The Bertz CT molecular complexity index is 1780. The minimum Gasteiger partial charge on any atom is -0.493 e. The number of carbonyl (C=O) groups excluding carboxylic acids is 2. The van der Waals surface area contributed by atoms with Crippen LogP contribution in [0.5, 0.6) is 11.5 Å². The van der Waals surface area contributed by atoms with Crippen molar-refractivity contribution in [2.24, 2.45) is 17.3 Å². The molecule has 0 radical (unpaired) electrons. The standard InChI is InChI=1S/C39H42N4O4/c1-25(2)23-46-31-15-7-27(8-16-31)33-19-20-34(28-9-17-32(18-10-28)47-24-26(3)4)38-37(33)40-43(41-38)30-13-11-29(12-14-30)42-35(44)21-39(5,6)22-36(42)45/h7-20,25-26H,21-24H2,1-6H3. The van der Waals surface area contributed by atoms with E-state index in [1.54, 1.807) is 16.9 Å². The van der Waals surface area contributed by atoms with Gasteiger partial charge in [-0.1, -0.05) is 77.9 Å². The number of nitrogens with zero attached hydrogens (tertiary/aromatic N) is 4. The number of hydrogen-bond donors (Lipinski definition) is 0. The largest absolute Gasteiger partial charge is 0.493 e. The quantitative estimate of drug-likeness (QED) is 0.144. The number of anilines is 1. The molecule has 0 saturated carbocycles. The SMILES string of the molecule is CC(C)COc1ccc(-c2ccc(-c3ccc(OCC(C)C)cc3)c3nn(-c4ccc(N5C(=O)CC(C)(C)CC5=O)cc4)nc23)cc1. The van der Waals surface area contributed by atoms with Crippen molar-refractivity contribution in [1.82, 2.24) is 15.0 Å². The summed E-state index contributed by atoms with van der Waals surface area (Å²) in [6.45, 7) is 13.7. The van der Waals surface area contributed by atoms with Crippen molar-refractivity contribution in [3.05, 3.63) is 84.9 Å². The molecule has 1 fully saturated rings. The number of imide groups is 1. The molecule has 1 aromatic heterocycles. The molecule has 0 spiro atoms. The van der Waals surface area contributed by atoms with Crippen LogP contribution in [0.3, 0.4) is 0 Å². The molecule has 5 aromatic rings. The molecule has 47 heavy (non-hydrogen) atoms. The van der Waals surface area contributed by atoms with Gasteiger partial charge in [0.25, 0.3) is 0 Å². The Hall–Kier alpha value is -4.98. The number of carbonyl (C=O) groups is 2. The third kappa shape index (κ3) is 7.07. The van der Waals surface area contributed by atoms with E-state index in [0.717, 1.165) is 44.8 Å².